The van der Waals surface area contributed by atoms with Gasteiger partial charge in [-0.15, -0.1) is 0 Å². The Kier molecular flexibility index (Phi) is 5.54. The fourth-order valence-corrected chi connectivity index (χ4v) is 4.54. The molecule has 0 atom stereocenters. The van der Waals surface area contributed by atoms with E-state index in [9.17, 15) is 4.79 Å². The SMILES string of the molecule is COc1ccc(OC)c2sc(N(Cc3ccccn3)C(=O)c3cnc4ccccc4n3)nc12. The summed E-state index contributed by atoms with van der Waals surface area (Å²) in [7, 11) is 3.18. The molecule has 0 N–H and O–H groups in total. The second kappa shape index (κ2) is 8.79. The summed E-state index contributed by atoms with van der Waals surface area (Å²) in [5.41, 5.74) is 2.94. The van der Waals surface area contributed by atoms with Gasteiger partial charge < -0.3 is 9.47 Å². The van der Waals surface area contributed by atoms with Crippen LogP contribution >= 0.6 is 11.3 Å². The van der Waals surface area contributed by atoms with E-state index in [2.05, 4.69) is 15.0 Å². The van der Waals surface area contributed by atoms with Gasteiger partial charge in [-0.1, -0.05) is 29.5 Å². The Morgan fingerprint density at radius 2 is 1.67 bits per heavy atom. The minimum absolute atomic E-state index is 0.221. The summed E-state index contributed by atoms with van der Waals surface area (Å²) in [6.07, 6.45) is 3.18. The number of pyridine rings is 1. The Balaban J connectivity index is 1.63. The lowest BCUT2D eigenvalue weighted by Gasteiger charge is -2.19. The zero-order valence-electron chi connectivity index (χ0n) is 17.9. The largest absolute Gasteiger partial charge is 0.495 e. The van der Waals surface area contributed by atoms with E-state index in [-0.39, 0.29) is 18.1 Å². The van der Waals surface area contributed by atoms with Crippen LogP contribution in [0.1, 0.15) is 16.2 Å². The first-order chi connectivity index (χ1) is 16.2. The van der Waals surface area contributed by atoms with Crippen LogP contribution in [0.15, 0.2) is 67.0 Å². The maximum atomic E-state index is 13.7. The average Bonchev–Trinajstić information content (AvgIpc) is 3.32. The molecule has 3 heterocycles. The summed E-state index contributed by atoms with van der Waals surface area (Å²) in [4.78, 5) is 33.3. The van der Waals surface area contributed by atoms with E-state index in [1.165, 1.54) is 17.5 Å². The number of hydrogen-bond donors (Lipinski definition) is 0. The lowest BCUT2D eigenvalue weighted by Crippen LogP contribution is -2.31. The normalized spacial score (nSPS) is 11.0. The molecular weight excluding hydrogens is 438 g/mol. The highest BCUT2D eigenvalue weighted by Crippen LogP contribution is 2.40. The molecule has 3 aromatic heterocycles. The third-order valence-electron chi connectivity index (χ3n) is 5.09. The van der Waals surface area contributed by atoms with E-state index >= 15 is 0 Å². The molecule has 33 heavy (non-hydrogen) atoms. The molecule has 0 bridgehead atoms. The summed E-state index contributed by atoms with van der Waals surface area (Å²) in [6.45, 7) is 0.221. The summed E-state index contributed by atoms with van der Waals surface area (Å²) in [5.74, 6) is 0.935. The summed E-state index contributed by atoms with van der Waals surface area (Å²) in [5, 5.41) is 0.485. The minimum Gasteiger partial charge on any atom is -0.495 e. The van der Waals surface area contributed by atoms with Crippen LogP contribution in [0.4, 0.5) is 5.13 Å². The first-order valence-corrected chi connectivity index (χ1v) is 10.9. The van der Waals surface area contributed by atoms with E-state index < -0.39 is 0 Å². The van der Waals surface area contributed by atoms with Crippen LogP contribution in [0.25, 0.3) is 21.3 Å². The van der Waals surface area contributed by atoms with Gasteiger partial charge in [0.1, 0.15) is 27.4 Å². The molecular formula is C24H19N5O3S. The number of carbonyl (C=O) groups is 1. The zero-order valence-corrected chi connectivity index (χ0v) is 18.7. The Labute approximate surface area is 193 Å². The highest BCUT2D eigenvalue weighted by molar-refractivity contribution is 7.22. The number of ether oxygens (including phenoxy) is 2. The van der Waals surface area contributed by atoms with E-state index in [1.54, 1.807) is 31.4 Å². The van der Waals surface area contributed by atoms with Crippen LogP contribution in [0.3, 0.4) is 0 Å². The lowest BCUT2D eigenvalue weighted by atomic mass is 10.2. The smallest absolute Gasteiger partial charge is 0.280 e. The number of amides is 1. The van der Waals surface area contributed by atoms with Crippen LogP contribution < -0.4 is 14.4 Å². The zero-order chi connectivity index (χ0) is 22.8. The number of carbonyl (C=O) groups excluding carboxylic acids is 1. The molecule has 9 heteroatoms. The molecule has 0 aliphatic carbocycles. The van der Waals surface area contributed by atoms with Gasteiger partial charge in [0.25, 0.3) is 5.91 Å². The van der Waals surface area contributed by atoms with Crippen LogP contribution in [0.5, 0.6) is 11.5 Å². The number of rotatable bonds is 6. The summed E-state index contributed by atoms with van der Waals surface area (Å²) in [6, 6.07) is 16.6. The molecule has 0 saturated carbocycles. The standard InChI is InChI=1S/C24H19N5O3S/c1-31-19-10-11-20(32-2)22-21(19)28-24(33-22)29(14-15-7-5-6-12-25-15)23(30)18-13-26-16-8-3-4-9-17(16)27-18/h3-13H,14H2,1-2H3. The van der Waals surface area contributed by atoms with Gasteiger partial charge in [-0.05, 0) is 36.4 Å². The predicted octanol–water partition coefficient (Wildman–Crippen LogP) is 4.50. The van der Waals surface area contributed by atoms with Gasteiger partial charge in [-0.25, -0.2) is 9.97 Å². The number of methoxy groups -OCH3 is 2. The van der Waals surface area contributed by atoms with Crippen molar-refractivity contribution in [3.05, 3.63) is 78.4 Å². The molecule has 0 radical (unpaired) electrons. The second-order valence-electron chi connectivity index (χ2n) is 7.10. The molecule has 5 rings (SSSR count). The molecule has 0 fully saturated rings. The van der Waals surface area contributed by atoms with Crippen LogP contribution in [0.2, 0.25) is 0 Å². The van der Waals surface area contributed by atoms with Gasteiger partial charge in [0, 0.05) is 6.20 Å². The van der Waals surface area contributed by atoms with E-state index in [4.69, 9.17) is 14.5 Å². The number of aromatic nitrogens is 4. The molecule has 1 amide bonds. The van der Waals surface area contributed by atoms with Gasteiger partial charge in [0.05, 0.1) is 43.7 Å². The third-order valence-corrected chi connectivity index (χ3v) is 6.18. The Bertz CT molecular complexity index is 1410. The molecule has 2 aromatic carbocycles. The van der Waals surface area contributed by atoms with Gasteiger partial charge in [-0.2, -0.15) is 0 Å². The topological polar surface area (TPSA) is 90.3 Å². The van der Waals surface area contributed by atoms with Crippen molar-refractivity contribution in [2.75, 3.05) is 19.1 Å². The number of fused-ring (bicyclic) bond motifs is 2. The molecule has 0 aliphatic heterocycles. The molecule has 0 unspecified atom stereocenters. The summed E-state index contributed by atoms with van der Waals surface area (Å²) >= 11 is 1.35. The Morgan fingerprint density at radius 1 is 0.909 bits per heavy atom. The highest BCUT2D eigenvalue weighted by atomic mass is 32.1. The van der Waals surface area contributed by atoms with E-state index in [1.807, 2.05) is 48.5 Å². The third kappa shape index (κ3) is 3.94. The fourth-order valence-electron chi connectivity index (χ4n) is 3.47. The van der Waals surface area contributed by atoms with Crippen molar-refractivity contribution < 1.29 is 14.3 Å². The summed E-state index contributed by atoms with van der Waals surface area (Å²) < 4.78 is 11.8. The molecule has 164 valence electrons. The number of nitrogens with zero attached hydrogens (tertiary/aromatic N) is 5. The van der Waals surface area contributed by atoms with Crippen LogP contribution in [-0.2, 0) is 6.54 Å². The van der Waals surface area contributed by atoms with Crippen molar-refractivity contribution in [3.8, 4) is 11.5 Å². The van der Waals surface area contributed by atoms with Crippen molar-refractivity contribution in [1.82, 2.24) is 19.9 Å². The van der Waals surface area contributed by atoms with Gasteiger partial charge in [-0.3, -0.25) is 19.7 Å². The van der Waals surface area contributed by atoms with Crippen molar-refractivity contribution in [3.63, 3.8) is 0 Å². The number of hydrogen-bond acceptors (Lipinski definition) is 8. The second-order valence-corrected chi connectivity index (χ2v) is 8.08. The first-order valence-electron chi connectivity index (χ1n) is 10.1. The number of benzene rings is 2. The quantitative estimate of drug-likeness (QED) is 0.371. The number of anilines is 1. The highest BCUT2D eigenvalue weighted by Gasteiger charge is 2.25. The fraction of sp³-hybridized carbons (Fsp3) is 0.125. The number of thiazole rings is 1. The van der Waals surface area contributed by atoms with Crippen LogP contribution in [0, 0.1) is 0 Å². The first kappa shape index (κ1) is 20.8. The maximum absolute atomic E-state index is 13.7. The van der Waals surface area contributed by atoms with Crippen molar-refractivity contribution in [1.29, 1.82) is 0 Å². The molecule has 0 saturated heterocycles. The van der Waals surface area contributed by atoms with Gasteiger partial charge in [0.2, 0.25) is 0 Å². The van der Waals surface area contributed by atoms with Crippen molar-refractivity contribution in [2.45, 2.75) is 6.54 Å². The van der Waals surface area contributed by atoms with E-state index in [0.29, 0.717) is 27.7 Å². The average molecular weight is 458 g/mol. The van der Waals surface area contributed by atoms with E-state index in [0.717, 1.165) is 15.9 Å². The Morgan fingerprint density at radius 3 is 2.42 bits per heavy atom. The molecule has 0 spiro atoms. The lowest BCUT2D eigenvalue weighted by molar-refractivity contribution is 0.0980. The predicted molar refractivity (Wildman–Crippen MR) is 127 cm³/mol. The van der Waals surface area contributed by atoms with Gasteiger partial charge >= 0.3 is 0 Å². The maximum Gasteiger partial charge on any atom is 0.280 e. The van der Waals surface area contributed by atoms with Gasteiger partial charge in [0.15, 0.2) is 5.13 Å². The molecule has 0 aliphatic rings. The van der Waals surface area contributed by atoms with Crippen LogP contribution in [-0.4, -0.2) is 40.1 Å². The molecule has 8 nitrogen and oxygen atoms in total. The Hall–Kier alpha value is -4.11. The van der Waals surface area contributed by atoms with Crippen molar-refractivity contribution >= 4 is 43.6 Å². The number of para-hydroxylation sites is 2. The minimum atomic E-state index is -0.323. The molecule has 5 aromatic rings. The van der Waals surface area contributed by atoms with Crippen molar-refractivity contribution in [2.24, 2.45) is 0 Å². The monoisotopic (exact) mass is 457 g/mol.